The number of nitrogens with zero attached hydrogens (tertiary/aromatic N) is 4. The van der Waals surface area contributed by atoms with Gasteiger partial charge in [-0.25, -0.2) is 4.98 Å². The molecule has 1 saturated heterocycles. The SMILES string of the molecule is CN=C(NCC1CCN(Cc2nc(C)c(C)o2)CC1)N1CC=C(c2ccccc2)CC1.I. The first-order valence-corrected chi connectivity index (χ1v) is 11.5. The Hall–Kier alpha value is -1.87. The van der Waals surface area contributed by atoms with E-state index in [4.69, 9.17) is 4.42 Å². The van der Waals surface area contributed by atoms with Crippen LogP contribution in [0, 0.1) is 19.8 Å². The molecule has 7 heteroatoms. The number of oxazole rings is 1. The van der Waals surface area contributed by atoms with Crippen molar-refractivity contribution in [2.24, 2.45) is 10.9 Å². The number of guanidine groups is 1. The van der Waals surface area contributed by atoms with Gasteiger partial charge >= 0.3 is 0 Å². The molecular formula is C25H36IN5O. The number of benzene rings is 1. The normalized spacial score (nSPS) is 18.3. The van der Waals surface area contributed by atoms with Crippen LogP contribution in [0.15, 0.2) is 45.8 Å². The largest absolute Gasteiger partial charge is 0.444 e. The van der Waals surface area contributed by atoms with Gasteiger partial charge in [0.05, 0.1) is 12.2 Å². The fourth-order valence-electron chi connectivity index (χ4n) is 4.49. The van der Waals surface area contributed by atoms with E-state index in [2.05, 4.69) is 61.5 Å². The second-order valence-electron chi connectivity index (χ2n) is 8.69. The van der Waals surface area contributed by atoms with E-state index in [9.17, 15) is 0 Å². The van der Waals surface area contributed by atoms with Crippen LogP contribution in [0.25, 0.3) is 5.57 Å². The van der Waals surface area contributed by atoms with Crippen molar-refractivity contribution in [3.63, 3.8) is 0 Å². The minimum absolute atomic E-state index is 0. The number of likely N-dealkylation sites (tertiary alicyclic amines) is 1. The lowest BCUT2D eigenvalue weighted by Gasteiger charge is -2.33. The van der Waals surface area contributed by atoms with Crippen LogP contribution >= 0.6 is 24.0 Å². The van der Waals surface area contributed by atoms with Crippen molar-refractivity contribution < 1.29 is 4.42 Å². The van der Waals surface area contributed by atoms with E-state index in [1.807, 2.05) is 20.9 Å². The molecule has 0 unspecified atom stereocenters. The van der Waals surface area contributed by atoms with E-state index in [1.165, 1.54) is 24.0 Å². The summed E-state index contributed by atoms with van der Waals surface area (Å²) in [7, 11) is 1.89. The van der Waals surface area contributed by atoms with E-state index < -0.39 is 0 Å². The summed E-state index contributed by atoms with van der Waals surface area (Å²) in [5.41, 5.74) is 3.78. The van der Waals surface area contributed by atoms with Crippen LogP contribution in [0.3, 0.4) is 0 Å². The highest BCUT2D eigenvalue weighted by Gasteiger charge is 2.22. The van der Waals surface area contributed by atoms with Crippen molar-refractivity contribution in [1.82, 2.24) is 20.1 Å². The zero-order chi connectivity index (χ0) is 21.6. The minimum Gasteiger partial charge on any atom is -0.444 e. The Morgan fingerprint density at radius 1 is 1.16 bits per heavy atom. The van der Waals surface area contributed by atoms with Crippen LogP contribution in [-0.2, 0) is 6.54 Å². The molecule has 3 heterocycles. The monoisotopic (exact) mass is 549 g/mol. The number of hydrogen-bond donors (Lipinski definition) is 1. The van der Waals surface area contributed by atoms with E-state index in [1.54, 1.807) is 0 Å². The first-order chi connectivity index (χ1) is 15.1. The smallest absolute Gasteiger partial charge is 0.208 e. The highest BCUT2D eigenvalue weighted by molar-refractivity contribution is 14.0. The van der Waals surface area contributed by atoms with Crippen LogP contribution in [-0.4, -0.2) is 60.5 Å². The molecule has 0 radical (unpaired) electrons. The maximum Gasteiger partial charge on any atom is 0.208 e. The summed E-state index contributed by atoms with van der Waals surface area (Å²) in [5, 5.41) is 3.64. The third kappa shape index (κ3) is 6.34. The Labute approximate surface area is 209 Å². The van der Waals surface area contributed by atoms with Crippen molar-refractivity contribution in [3.05, 3.63) is 59.3 Å². The summed E-state index contributed by atoms with van der Waals surface area (Å²) in [6.45, 7) is 9.91. The third-order valence-corrected chi connectivity index (χ3v) is 6.55. The molecule has 0 aliphatic carbocycles. The van der Waals surface area contributed by atoms with Crippen molar-refractivity contribution in [3.8, 4) is 0 Å². The van der Waals surface area contributed by atoms with Gasteiger partial charge in [-0.1, -0.05) is 36.4 Å². The van der Waals surface area contributed by atoms with Crippen molar-refractivity contribution in [1.29, 1.82) is 0 Å². The van der Waals surface area contributed by atoms with Gasteiger partial charge < -0.3 is 14.6 Å². The Balaban J connectivity index is 0.00000289. The second-order valence-corrected chi connectivity index (χ2v) is 8.69. The highest BCUT2D eigenvalue weighted by atomic mass is 127. The number of aliphatic imine (C=N–C) groups is 1. The van der Waals surface area contributed by atoms with Crippen LogP contribution < -0.4 is 5.32 Å². The van der Waals surface area contributed by atoms with Gasteiger partial charge in [0.25, 0.3) is 0 Å². The number of aryl methyl sites for hydroxylation is 2. The Morgan fingerprint density at radius 3 is 2.50 bits per heavy atom. The van der Waals surface area contributed by atoms with E-state index in [0.717, 1.165) is 69.0 Å². The number of halogens is 1. The molecule has 1 N–H and O–H groups in total. The summed E-state index contributed by atoms with van der Waals surface area (Å²) >= 11 is 0. The summed E-state index contributed by atoms with van der Waals surface area (Å²) in [5.74, 6) is 3.49. The summed E-state index contributed by atoms with van der Waals surface area (Å²) < 4.78 is 5.75. The molecule has 0 bridgehead atoms. The molecule has 4 rings (SSSR count). The molecule has 0 spiro atoms. The lowest BCUT2D eigenvalue weighted by molar-refractivity contribution is 0.163. The van der Waals surface area contributed by atoms with Gasteiger partial charge in [0.1, 0.15) is 5.76 Å². The van der Waals surface area contributed by atoms with Gasteiger partial charge in [-0.2, -0.15) is 0 Å². The molecule has 0 saturated carbocycles. The number of aromatic nitrogens is 1. The van der Waals surface area contributed by atoms with Gasteiger partial charge in [0.15, 0.2) is 5.96 Å². The molecule has 1 aromatic heterocycles. The summed E-state index contributed by atoms with van der Waals surface area (Å²) in [6.07, 6.45) is 5.79. The third-order valence-electron chi connectivity index (χ3n) is 6.55. The Morgan fingerprint density at radius 2 is 1.91 bits per heavy atom. The van der Waals surface area contributed by atoms with Crippen LogP contribution in [0.2, 0.25) is 0 Å². The molecule has 1 aromatic carbocycles. The van der Waals surface area contributed by atoms with Crippen molar-refractivity contribution in [2.75, 3.05) is 39.8 Å². The average Bonchev–Trinajstić information content (AvgIpc) is 3.13. The summed E-state index contributed by atoms with van der Waals surface area (Å²) in [6, 6.07) is 10.7. The lowest BCUT2D eigenvalue weighted by atomic mass is 9.97. The van der Waals surface area contributed by atoms with E-state index >= 15 is 0 Å². The minimum atomic E-state index is 0. The predicted octanol–water partition coefficient (Wildman–Crippen LogP) is 4.49. The number of hydrogen-bond acceptors (Lipinski definition) is 4. The maximum absolute atomic E-state index is 5.75. The van der Waals surface area contributed by atoms with Gasteiger partial charge in [0.2, 0.25) is 5.89 Å². The van der Waals surface area contributed by atoms with E-state index in [-0.39, 0.29) is 24.0 Å². The van der Waals surface area contributed by atoms with Gasteiger partial charge in [0, 0.05) is 26.7 Å². The molecule has 2 aliphatic rings. The summed E-state index contributed by atoms with van der Waals surface area (Å²) in [4.78, 5) is 13.9. The number of nitrogens with one attached hydrogen (secondary N) is 1. The molecule has 1 fully saturated rings. The fraction of sp³-hybridized carbons (Fsp3) is 0.520. The molecule has 32 heavy (non-hydrogen) atoms. The Bertz CT molecular complexity index is 896. The topological polar surface area (TPSA) is 56.9 Å². The lowest BCUT2D eigenvalue weighted by Crippen LogP contribution is -2.46. The molecular weight excluding hydrogens is 513 g/mol. The zero-order valence-corrected chi connectivity index (χ0v) is 21.8. The molecule has 174 valence electrons. The first kappa shape index (κ1) is 24.8. The quantitative estimate of drug-likeness (QED) is 0.339. The average molecular weight is 550 g/mol. The van der Waals surface area contributed by atoms with Gasteiger partial charge in [-0.05, 0) is 63.3 Å². The zero-order valence-electron chi connectivity index (χ0n) is 19.5. The number of piperidine rings is 1. The first-order valence-electron chi connectivity index (χ1n) is 11.5. The molecule has 0 amide bonds. The molecule has 0 atom stereocenters. The van der Waals surface area contributed by atoms with Crippen LogP contribution in [0.5, 0.6) is 0 Å². The fourth-order valence-corrected chi connectivity index (χ4v) is 4.49. The standard InChI is InChI=1S/C25H35N5O.HI/c1-19-20(2)31-24(28-19)18-29-13-9-21(10-14-29)17-27-25(26-3)30-15-11-23(12-16-30)22-7-5-4-6-8-22;/h4-8,11,21H,9-10,12-18H2,1-3H3,(H,26,27);1H. The second kappa shape index (κ2) is 11.8. The van der Waals surface area contributed by atoms with Crippen molar-refractivity contribution >= 4 is 35.5 Å². The maximum atomic E-state index is 5.75. The van der Waals surface area contributed by atoms with Gasteiger partial charge in [-0.3, -0.25) is 9.89 Å². The van der Waals surface area contributed by atoms with Gasteiger partial charge in [-0.15, -0.1) is 24.0 Å². The molecule has 6 nitrogen and oxygen atoms in total. The number of rotatable bonds is 5. The van der Waals surface area contributed by atoms with Crippen molar-refractivity contribution in [2.45, 2.75) is 39.7 Å². The van der Waals surface area contributed by atoms with Crippen LogP contribution in [0.4, 0.5) is 0 Å². The predicted molar refractivity (Wildman–Crippen MR) is 141 cm³/mol. The Kier molecular flexibility index (Phi) is 9.16. The highest BCUT2D eigenvalue weighted by Crippen LogP contribution is 2.23. The molecule has 2 aromatic rings. The van der Waals surface area contributed by atoms with Crippen LogP contribution in [0.1, 0.15) is 42.2 Å². The molecule has 2 aliphatic heterocycles. The van der Waals surface area contributed by atoms with E-state index in [0.29, 0.717) is 5.92 Å².